The Balaban J connectivity index is 2.13. The highest BCUT2D eigenvalue weighted by Gasteiger charge is 2.11. The van der Waals surface area contributed by atoms with E-state index in [2.05, 4.69) is 16.0 Å². The van der Waals surface area contributed by atoms with Gasteiger partial charge in [-0.2, -0.15) is 5.26 Å². The fourth-order valence-corrected chi connectivity index (χ4v) is 2.70. The van der Waals surface area contributed by atoms with Crippen molar-refractivity contribution < 1.29 is 0 Å². The first-order chi connectivity index (χ1) is 11.0. The number of aryl methyl sites for hydroxylation is 2. The van der Waals surface area contributed by atoms with Gasteiger partial charge in [0.15, 0.2) is 0 Å². The van der Waals surface area contributed by atoms with Crippen molar-refractivity contribution in [2.45, 2.75) is 13.8 Å². The molecule has 0 atom stereocenters. The summed E-state index contributed by atoms with van der Waals surface area (Å²) in [5.74, 6) is 0.517. The number of fused-ring (bicyclic) bond motifs is 1. The molecular weight excluding hydrogens is 329 g/mol. The standard InChI is InChI=1S/C18H13Cl2N3/c1-10-6-15-16(7-11(10)2)23-18(22-15)13(9-21)8-12-4-3-5-14(19)17(12)20/h3-8H,1-2H3,(H,22,23). The summed E-state index contributed by atoms with van der Waals surface area (Å²) < 4.78 is 0. The van der Waals surface area contributed by atoms with Crippen LogP contribution in [0.25, 0.3) is 22.7 Å². The molecule has 1 heterocycles. The van der Waals surface area contributed by atoms with Crippen LogP contribution in [0, 0.1) is 25.2 Å². The van der Waals surface area contributed by atoms with Gasteiger partial charge >= 0.3 is 0 Å². The van der Waals surface area contributed by atoms with Crippen LogP contribution in [-0.4, -0.2) is 9.97 Å². The highest BCUT2D eigenvalue weighted by atomic mass is 35.5. The molecule has 0 unspecified atom stereocenters. The van der Waals surface area contributed by atoms with Gasteiger partial charge in [0, 0.05) is 0 Å². The number of H-pyrrole nitrogens is 1. The van der Waals surface area contributed by atoms with E-state index in [-0.39, 0.29) is 0 Å². The van der Waals surface area contributed by atoms with Crippen LogP contribution in [0.4, 0.5) is 0 Å². The van der Waals surface area contributed by atoms with E-state index in [1.54, 1.807) is 18.2 Å². The molecular formula is C18H13Cl2N3. The van der Waals surface area contributed by atoms with E-state index >= 15 is 0 Å². The molecule has 3 rings (SSSR count). The zero-order valence-electron chi connectivity index (χ0n) is 12.6. The number of aromatic amines is 1. The lowest BCUT2D eigenvalue weighted by Gasteiger charge is -2.01. The molecule has 114 valence electrons. The predicted octanol–water partition coefficient (Wildman–Crippen LogP) is 5.55. The third-order valence-corrected chi connectivity index (χ3v) is 4.59. The molecule has 0 aliphatic carbocycles. The molecule has 0 amide bonds. The lowest BCUT2D eigenvalue weighted by molar-refractivity contribution is 1.27. The second kappa shape index (κ2) is 6.08. The molecule has 3 aromatic rings. The minimum absolute atomic E-state index is 0.403. The van der Waals surface area contributed by atoms with Gasteiger partial charge in [-0.15, -0.1) is 0 Å². The van der Waals surface area contributed by atoms with Crippen molar-refractivity contribution in [3.8, 4) is 6.07 Å². The highest BCUT2D eigenvalue weighted by Crippen LogP contribution is 2.29. The molecule has 23 heavy (non-hydrogen) atoms. The third-order valence-electron chi connectivity index (χ3n) is 3.75. The Morgan fingerprint density at radius 1 is 1.22 bits per heavy atom. The van der Waals surface area contributed by atoms with Crippen molar-refractivity contribution in [1.82, 2.24) is 9.97 Å². The first-order valence-corrected chi connectivity index (χ1v) is 7.78. The van der Waals surface area contributed by atoms with Crippen LogP contribution in [0.15, 0.2) is 30.3 Å². The molecule has 0 saturated carbocycles. The van der Waals surface area contributed by atoms with Crippen LogP contribution in [0.1, 0.15) is 22.5 Å². The monoisotopic (exact) mass is 341 g/mol. The predicted molar refractivity (Wildman–Crippen MR) is 95.5 cm³/mol. The van der Waals surface area contributed by atoms with Crippen molar-refractivity contribution in [1.29, 1.82) is 5.26 Å². The molecule has 0 aliphatic heterocycles. The second-order valence-electron chi connectivity index (χ2n) is 5.35. The Morgan fingerprint density at radius 2 is 1.96 bits per heavy atom. The summed E-state index contributed by atoms with van der Waals surface area (Å²) in [7, 11) is 0. The first kappa shape index (κ1) is 15.6. The molecule has 0 fully saturated rings. The average molecular weight is 342 g/mol. The van der Waals surface area contributed by atoms with Crippen LogP contribution < -0.4 is 0 Å². The Morgan fingerprint density at radius 3 is 2.70 bits per heavy atom. The van der Waals surface area contributed by atoms with Gasteiger partial charge in [-0.1, -0.05) is 35.3 Å². The molecule has 5 heteroatoms. The maximum absolute atomic E-state index is 9.48. The summed E-state index contributed by atoms with van der Waals surface area (Å²) in [6, 6.07) is 11.5. The van der Waals surface area contributed by atoms with E-state index in [4.69, 9.17) is 23.2 Å². The molecule has 3 nitrogen and oxygen atoms in total. The van der Waals surface area contributed by atoms with Crippen LogP contribution in [0.2, 0.25) is 10.0 Å². The topological polar surface area (TPSA) is 52.5 Å². The summed E-state index contributed by atoms with van der Waals surface area (Å²) in [5, 5.41) is 10.4. The zero-order valence-corrected chi connectivity index (χ0v) is 14.1. The van der Waals surface area contributed by atoms with Crippen LogP contribution in [0.3, 0.4) is 0 Å². The van der Waals surface area contributed by atoms with Crippen molar-refractivity contribution in [3.63, 3.8) is 0 Å². The van der Waals surface area contributed by atoms with E-state index in [0.717, 1.165) is 16.6 Å². The van der Waals surface area contributed by atoms with Gasteiger partial charge < -0.3 is 4.98 Å². The smallest absolute Gasteiger partial charge is 0.149 e. The average Bonchev–Trinajstić information content (AvgIpc) is 2.91. The van der Waals surface area contributed by atoms with Crippen LogP contribution in [0.5, 0.6) is 0 Å². The number of nitriles is 1. The second-order valence-corrected chi connectivity index (χ2v) is 6.14. The number of hydrogen-bond donors (Lipinski definition) is 1. The van der Waals surface area contributed by atoms with Crippen molar-refractivity contribution in [2.24, 2.45) is 0 Å². The van der Waals surface area contributed by atoms with Gasteiger partial charge in [-0.05, 0) is 54.8 Å². The molecule has 0 saturated heterocycles. The fraction of sp³-hybridized carbons (Fsp3) is 0.111. The van der Waals surface area contributed by atoms with E-state index in [0.29, 0.717) is 27.0 Å². The lowest BCUT2D eigenvalue weighted by Crippen LogP contribution is -1.86. The van der Waals surface area contributed by atoms with Gasteiger partial charge in [0.1, 0.15) is 11.9 Å². The van der Waals surface area contributed by atoms with Gasteiger partial charge in [-0.3, -0.25) is 0 Å². The fourth-order valence-electron chi connectivity index (χ4n) is 2.34. The number of hydrogen-bond acceptors (Lipinski definition) is 2. The van der Waals surface area contributed by atoms with E-state index in [1.807, 2.05) is 32.0 Å². The van der Waals surface area contributed by atoms with Crippen LogP contribution >= 0.6 is 23.2 Å². The molecule has 1 aromatic heterocycles. The van der Waals surface area contributed by atoms with Gasteiger partial charge in [0.2, 0.25) is 0 Å². The highest BCUT2D eigenvalue weighted by molar-refractivity contribution is 6.43. The van der Waals surface area contributed by atoms with E-state index < -0.39 is 0 Å². The van der Waals surface area contributed by atoms with E-state index in [9.17, 15) is 5.26 Å². The summed E-state index contributed by atoms with van der Waals surface area (Å²) in [4.78, 5) is 7.70. The summed E-state index contributed by atoms with van der Waals surface area (Å²) in [6.45, 7) is 4.08. The molecule has 0 aliphatic rings. The summed E-state index contributed by atoms with van der Waals surface area (Å²) in [5.41, 5.74) is 5.16. The van der Waals surface area contributed by atoms with Gasteiger partial charge in [-0.25, -0.2) is 4.98 Å². The molecule has 1 N–H and O–H groups in total. The SMILES string of the molecule is Cc1cc2nc(C(C#N)=Cc3cccc(Cl)c3Cl)[nH]c2cc1C. The maximum Gasteiger partial charge on any atom is 0.149 e. The van der Waals surface area contributed by atoms with Gasteiger partial charge in [0.25, 0.3) is 0 Å². The summed E-state index contributed by atoms with van der Waals surface area (Å²) in [6.07, 6.45) is 1.69. The number of aromatic nitrogens is 2. The number of allylic oxidation sites excluding steroid dienone is 1. The number of benzene rings is 2. The van der Waals surface area contributed by atoms with Crippen molar-refractivity contribution in [2.75, 3.05) is 0 Å². The largest absolute Gasteiger partial charge is 0.337 e. The number of halogens is 2. The van der Waals surface area contributed by atoms with Crippen LogP contribution in [-0.2, 0) is 0 Å². The first-order valence-electron chi connectivity index (χ1n) is 7.02. The van der Waals surface area contributed by atoms with E-state index in [1.165, 1.54) is 5.56 Å². The lowest BCUT2D eigenvalue weighted by atomic mass is 10.1. The van der Waals surface area contributed by atoms with Crippen molar-refractivity contribution in [3.05, 3.63) is 62.9 Å². The third kappa shape index (κ3) is 2.96. The van der Waals surface area contributed by atoms with Crippen molar-refractivity contribution >= 4 is 45.9 Å². The number of imidazole rings is 1. The molecule has 0 radical (unpaired) electrons. The minimum atomic E-state index is 0.403. The Hall–Kier alpha value is -2.28. The number of nitrogens with one attached hydrogen (secondary N) is 1. The molecule has 0 spiro atoms. The number of nitrogens with zero attached hydrogens (tertiary/aromatic N) is 2. The summed E-state index contributed by atoms with van der Waals surface area (Å²) >= 11 is 12.2. The Bertz CT molecular complexity index is 939. The zero-order chi connectivity index (χ0) is 16.6. The Labute approximate surface area is 144 Å². The molecule has 2 aromatic carbocycles. The molecule has 0 bridgehead atoms. The number of rotatable bonds is 2. The quantitative estimate of drug-likeness (QED) is 0.621. The minimum Gasteiger partial charge on any atom is -0.337 e. The normalized spacial score (nSPS) is 11.7. The maximum atomic E-state index is 9.48. The van der Waals surface area contributed by atoms with Gasteiger partial charge in [0.05, 0.1) is 26.7 Å². The Kier molecular flexibility index (Phi) is 4.12.